The van der Waals surface area contributed by atoms with Crippen molar-refractivity contribution in [2.75, 3.05) is 20.1 Å². The number of hydrogen-bond donors (Lipinski definition) is 2. The van der Waals surface area contributed by atoms with E-state index >= 15 is 0 Å². The Labute approximate surface area is 107 Å². The summed E-state index contributed by atoms with van der Waals surface area (Å²) in [6, 6.07) is 1.46. The van der Waals surface area contributed by atoms with Crippen LogP contribution >= 0.6 is 0 Å². The van der Waals surface area contributed by atoms with Crippen LogP contribution in [0, 0.1) is 6.92 Å². The van der Waals surface area contributed by atoms with Gasteiger partial charge in [0.15, 0.2) is 0 Å². The molecule has 7 heteroatoms. The van der Waals surface area contributed by atoms with E-state index in [4.69, 9.17) is 10.2 Å². The van der Waals surface area contributed by atoms with Crippen LogP contribution in [0.15, 0.2) is 15.4 Å². The van der Waals surface area contributed by atoms with E-state index in [1.54, 1.807) is 6.92 Å². The number of sulfonamides is 1. The number of likely N-dealkylation sites (tertiary alicyclic amines) is 1. The first-order valence-electron chi connectivity index (χ1n) is 5.92. The molecule has 1 aliphatic rings. The number of nitrogens with one attached hydrogen (secondary N) is 1. The summed E-state index contributed by atoms with van der Waals surface area (Å²) in [6.45, 7) is 3.47. The van der Waals surface area contributed by atoms with Crippen molar-refractivity contribution in [3.8, 4) is 0 Å². The topological polar surface area (TPSA) is 88.6 Å². The van der Waals surface area contributed by atoms with Gasteiger partial charge >= 0.3 is 0 Å². The molecule has 0 aromatic carbocycles. The zero-order valence-corrected chi connectivity index (χ0v) is 11.5. The summed E-state index contributed by atoms with van der Waals surface area (Å²) in [6.07, 6.45) is 0.830. The Kier molecular flexibility index (Phi) is 3.76. The van der Waals surface area contributed by atoms with Crippen LogP contribution in [0.3, 0.4) is 0 Å². The normalized spacial score (nSPS) is 21.6. The number of aryl methyl sites for hydroxylation is 1. The molecule has 0 aliphatic carbocycles. The Hall–Kier alpha value is -0.890. The zero-order chi connectivity index (χ0) is 13.3. The monoisotopic (exact) mass is 273 g/mol. The smallest absolute Gasteiger partial charge is 0.244 e. The quantitative estimate of drug-likeness (QED) is 0.808. The maximum Gasteiger partial charge on any atom is 0.244 e. The minimum absolute atomic E-state index is 0.0318. The summed E-state index contributed by atoms with van der Waals surface area (Å²) in [7, 11) is -1.54. The Bertz CT molecular complexity index is 524. The van der Waals surface area contributed by atoms with E-state index in [9.17, 15) is 8.42 Å². The van der Waals surface area contributed by atoms with Gasteiger partial charge in [-0.25, -0.2) is 13.1 Å². The Morgan fingerprint density at radius 3 is 2.83 bits per heavy atom. The maximum absolute atomic E-state index is 12.2. The molecule has 1 aliphatic heterocycles. The van der Waals surface area contributed by atoms with E-state index < -0.39 is 10.0 Å². The molecule has 3 N–H and O–H groups in total. The fraction of sp³-hybridized carbons (Fsp3) is 0.636. The lowest BCUT2D eigenvalue weighted by molar-refractivity contribution is 0.407. The van der Waals surface area contributed by atoms with Crippen molar-refractivity contribution in [2.45, 2.75) is 30.8 Å². The summed E-state index contributed by atoms with van der Waals surface area (Å²) >= 11 is 0. The van der Waals surface area contributed by atoms with Gasteiger partial charge in [-0.15, -0.1) is 0 Å². The van der Waals surface area contributed by atoms with Gasteiger partial charge in [-0.3, -0.25) is 0 Å². The van der Waals surface area contributed by atoms with Crippen LogP contribution in [0.2, 0.25) is 0 Å². The van der Waals surface area contributed by atoms with Gasteiger partial charge in [0.2, 0.25) is 10.0 Å². The van der Waals surface area contributed by atoms with Crippen LogP contribution in [0.4, 0.5) is 0 Å². The molecule has 1 aromatic heterocycles. The fourth-order valence-corrected chi connectivity index (χ4v) is 3.67. The van der Waals surface area contributed by atoms with Crippen LogP contribution < -0.4 is 10.5 Å². The lowest BCUT2D eigenvalue weighted by Gasteiger charge is -2.12. The zero-order valence-electron chi connectivity index (χ0n) is 10.6. The second kappa shape index (κ2) is 5.00. The van der Waals surface area contributed by atoms with Crippen molar-refractivity contribution in [1.29, 1.82) is 0 Å². The molecule has 0 amide bonds. The molecule has 2 rings (SSSR count). The van der Waals surface area contributed by atoms with Crippen LogP contribution in [-0.4, -0.2) is 39.5 Å². The van der Waals surface area contributed by atoms with Crippen molar-refractivity contribution in [3.05, 3.63) is 17.6 Å². The van der Waals surface area contributed by atoms with Crippen molar-refractivity contribution >= 4 is 10.0 Å². The molecule has 0 radical (unpaired) electrons. The van der Waals surface area contributed by atoms with Crippen molar-refractivity contribution in [2.24, 2.45) is 5.73 Å². The van der Waals surface area contributed by atoms with Gasteiger partial charge in [0.1, 0.15) is 16.4 Å². The Morgan fingerprint density at radius 2 is 2.33 bits per heavy atom. The van der Waals surface area contributed by atoms with E-state index in [2.05, 4.69) is 9.62 Å². The number of likely N-dealkylation sites (N-methyl/N-ethyl adjacent to an activating group) is 1. The second-order valence-corrected chi connectivity index (χ2v) is 6.39. The van der Waals surface area contributed by atoms with Gasteiger partial charge in [0.25, 0.3) is 0 Å². The van der Waals surface area contributed by atoms with E-state index in [0.717, 1.165) is 19.5 Å². The lowest BCUT2D eigenvalue weighted by Crippen LogP contribution is -2.36. The van der Waals surface area contributed by atoms with E-state index in [-0.39, 0.29) is 17.5 Å². The standard InChI is InChI=1S/C11H19N3O3S/c1-8-11(5-10(6-12)17-8)18(15,16)13-9-3-4-14(2)7-9/h5,9,13H,3-4,6-7,12H2,1-2H3. The van der Waals surface area contributed by atoms with Crippen LogP contribution in [-0.2, 0) is 16.6 Å². The first-order chi connectivity index (χ1) is 8.42. The largest absolute Gasteiger partial charge is 0.464 e. The first kappa shape index (κ1) is 13.5. The summed E-state index contributed by atoms with van der Waals surface area (Å²) in [5, 5.41) is 0. The highest BCUT2D eigenvalue weighted by Gasteiger charge is 2.28. The predicted molar refractivity (Wildman–Crippen MR) is 67.6 cm³/mol. The van der Waals surface area contributed by atoms with Crippen molar-refractivity contribution in [1.82, 2.24) is 9.62 Å². The summed E-state index contributed by atoms with van der Waals surface area (Å²) < 4.78 is 32.4. The molecule has 18 heavy (non-hydrogen) atoms. The van der Waals surface area contributed by atoms with Crippen molar-refractivity contribution < 1.29 is 12.8 Å². The highest BCUT2D eigenvalue weighted by Crippen LogP contribution is 2.21. The number of nitrogens with zero attached hydrogens (tertiary/aromatic N) is 1. The minimum Gasteiger partial charge on any atom is -0.464 e. The molecule has 6 nitrogen and oxygen atoms in total. The third kappa shape index (κ3) is 2.74. The SMILES string of the molecule is Cc1oc(CN)cc1S(=O)(=O)NC1CCN(C)C1. The van der Waals surface area contributed by atoms with Gasteiger partial charge in [0, 0.05) is 18.7 Å². The predicted octanol–water partition coefficient (Wildman–Crippen LogP) is 0.0291. The molecule has 0 spiro atoms. The second-order valence-electron chi connectivity index (χ2n) is 4.71. The Morgan fingerprint density at radius 1 is 1.61 bits per heavy atom. The number of nitrogens with two attached hydrogens (primary N) is 1. The number of hydrogen-bond acceptors (Lipinski definition) is 5. The van der Waals surface area contributed by atoms with Crippen LogP contribution in [0.5, 0.6) is 0 Å². The molecule has 0 bridgehead atoms. The molecule has 1 fully saturated rings. The number of rotatable bonds is 4. The molecule has 102 valence electrons. The fourth-order valence-electron chi connectivity index (χ4n) is 2.21. The van der Waals surface area contributed by atoms with Gasteiger partial charge in [-0.1, -0.05) is 0 Å². The van der Waals surface area contributed by atoms with Crippen LogP contribution in [0.25, 0.3) is 0 Å². The van der Waals surface area contributed by atoms with Gasteiger partial charge in [0.05, 0.1) is 6.54 Å². The van der Waals surface area contributed by atoms with E-state index in [1.807, 2.05) is 7.05 Å². The summed E-state index contributed by atoms with van der Waals surface area (Å²) in [5.41, 5.74) is 5.44. The maximum atomic E-state index is 12.2. The van der Waals surface area contributed by atoms with E-state index in [0.29, 0.717) is 11.5 Å². The third-order valence-electron chi connectivity index (χ3n) is 3.13. The third-order valence-corrected chi connectivity index (χ3v) is 4.76. The molecule has 0 saturated carbocycles. The highest BCUT2D eigenvalue weighted by molar-refractivity contribution is 7.89. The first-order valence-corrected chi connectivity index (χ1v) is 7.41. The molecule has 1 saturated heterocycles. The average molecular weight is 273 g/mol. The lowest BCUT2D eigenvalue weighted by atomic mass is 10.3. The molecule has 1 unspecified atom stereocenters. The summed E-state index contributed by atoms with van der Waals surface area (Å²) in [5.74, 6) is 0.866. The van der Waals surface area contributed by atoms with Gasteiger partial charge < -0.3 is 15.1 Å². The molecular weight excluding hydrogens is 254 g/mol. The summed E-state index contributed by atoms with van der Waals surface area (Å²) in [4.78, 5) is 2.29. The molecule has 1 atom stereocenters. The van der Waals surface area contributed by atoms with Crippen LogP contribution in [0.1, 0.15) is 17.9 Å². The van der Waals surface area contributed by atoms with Crippen molar-refractivity contribution in [3.63, 3.8) is 0 Å². The highest BCUT2D eigenvalue weighted by atomic mass is 32.2. The number of furan rings is 1. The van der Waals surface area contributed by atoms with Gasteiger partial charge in [-0.05, 0) is 26.9 Å². The van der Waals surface area contributed by atoms with Gasteiger partial charge in [-0.2, -0.15) is 0 Å². The molecular formula is C11H19N3O3S. The van der Waals surface area contributed by atoms with E-state index in [1.165, 1.54) is 6.07 Å². The minimum atomic E-state index is -3.51. The Balaban J connectivity index is 2.17. The average Bonchev–Trinajstić information content (AvgIpc) is 2.84. The molecule has 2 heterocycles. The molecule has 1 aromatic rings.